The predicted octanol–water partition coefficient (Wildman–Crippen LogP) is -5.53. The van der Waals surface area contributed by atoms with Gasteiger partial charge in [0.25, 0.3) is 0 Å². The molecule has 0 heterocycles. The Balaban J connectivity index is 6.01. The van der Waals surface area contributed by atoms with Crippen molar-refractivity contribution in [2.45, 2.75) is 88.0 Å². The Bertz CT molecular complexity index is 1160. The SMILES string of the molecule is NC(=O)CC[C@H](NC(=O)[C@H](CCC(N)=O)NC(=O)[C@@H](N)CCC(N)=O)C(=O)N[C@@H](CC(=O)O)C(=O)N[C@@H](CCC(=O)O)C(=O)O. The maximum Gasteiger partial charge on any atom is 0.326 e. The van der Waals surface area contributed by atoms with Gasteiger partial charge in [-0.05, 0) is 25.7 Å². The summed E-state index contributed by atoms with van der Waals surface area (Å²) >= 11 is 0. The molecule has 0 fully saturated rings. The van der Waals surface area contributed by atoms with Crippen molar-refractivity contribution in [1.82, 2.24) is 21.3 Å². The molecule has 0 saturated carbocycles. The van der Waals surface area contributed by atoms with Gasteiger partial charge in [-0.25, -0.2) is 4.79 Å². The zero-order chi connectivity index (χ0) is 34.9. The Morgan fingerprint density at radius 2 is 0.822 bits per heavy atom. The third-order valence-electron chi connectivity index (χ3n) is 5.94. The van der Waals surface area contributed by atoms with Crippen LogP contribution in [0.3, 0.4) is 0 Å². The Morgan fingerprint density at radius 1 is 0.467 bits per heavy atom. The van der Waals surface area contributed by atoms with Gasteiger partial charge in [0.05, 0.1) is 12.5 Å². The van der Waals surface area contributed by atoms with Crippen molar-refractivity contribution < 1.29 is 63.3 Å². The molecule has 0 aliphatic carbocycles. The van der Waals surface area contributed by atoms with Crippen LogP contribution in [0.4, 0.5) is 0 Å². The fourth-order valence-corrected chi connectivity index (χ4v) is 3.54. The molecule has 0 spiro atoms. The lowest BCUT2D eigenvalue weighted by Gasteiger charge is -2.26. The van der Waals surface area contributed by atoms with E-state index in [1.54, 1.807) is 0 Å². The van der Waals surface area contributed by atoms with Gasteiger partial charge in [-0.3, -0.25) is 43.2 Å². The minimum Gasteiger partial charge on any atom is -0.481 e. The minimum absolute atomic E-state index is 0.193. The van der Waals surface area contributed by atoms with Gasteiger partial charge >= 0.3 is 17.9 Å². The highest BCUT2D eigenvalue weighted by Gasteiger charge is 2.33. The second kappa shape index (κ2) is 19.8. The highest BCUT2D eigenvalue weighted by atomic mass is 16.4. The van der Waals surface area contributed by atoms with Crippen molar-refractivity contribution in [3.8, 4) is 0 Å². The second-order valence-electron chi connectivity index (χ2n) is 9.73. The smallest absolute Gasteiger partial charge is 0.326 e. The number of carbonyl (C=O) groups is 10. The number of nitrogens with two attached hydrogens (primary N) is 4. The van der Waals surface area contributed by atoms with Gasteiger partial charge in [0.2, 0.25) is 41.4 Å². The summed E-state index contributed by atoms with van der Waals surface area (Å²) in [4.78, 5) is 119. The van der Waals surface area contributed by atoms with Crippen molar-refractivity contribution in [1.29, 1.82) is 0 Å². The molecule has 5 atom stereocenters. The number of aliphatic carboxylic acids is 3. The molecule has 252 valence electrons. The summed E-state index contributed by atoms with van der Waals surface area (Å²) in [6.07, 6.45) is -4.62. The molecule has 0 bridgehead atoms. The monoisotopic (exact) mass is 646 g/mol. The standard InChI is InChI=1S/C24H38N8O13/c25-10(1-5-15(26)33)20(40)29-11(2-6-16(27)34)21(41)30-12(3-7-17(28)35)22(42)32-14(9-19(38)39)23(43)31-13(24(44)45)4-8-18(36)37/h10-14H,1-9,25H2,(H2,26,33)(H2,27,34)(H2,28,35)(H,29,40)(H,30,41)(H,31,43)(H,32,42)(H,36,37)(H,38,39)(H,44,45)/t10-,11-,12-,13-,14-/m0/s1. The molecule has 0 aliphatic heterocycles. The largest absolute Gasteiger partial charge is 0.481 e. The van der Waals surface area contributed by atoms with Crippen LogP contribution in [-0.4, -0.2) is 105 Å². The average molecular weight is 647 g/mol. The third kappa shape index (κ3) is 17.4. The molecule has 0 aromatic rings. The first-order valence-corrected chi connectivity index (χ1v) is 13.3. The molecular formula is C24H38N8O13. The summed E-state index contributed by atoms with van der Waals surface area (Å²) in [6, 6.07) is -8.26. The molecule has 21 nitrogen and oxygen atoms in total. The number of rotatable bonds is 23. The molecule has 0 aliphatic rings. The van der Waals surface area contributed by atoms with E-state index in [0.717, 1.165) is 0 Å². The van der Waals surface area contributed by atoms with Gasteiger partial charge in [-0.1, -0.05) is 0 Å². The van der Waals surface area contributed by atoms with E-state index >= 15 is 0 Å². The summed E-state index contributed by atoms with van der Waals surface area (Å²) in [6.45, 7) is 0. The van der Waals surface area contributed by atoms with E-state index in [2.05, 4.69) is 10.6 Å². The lowest BCUT2D eigenvalue weighted by Crippen LogP contribution is -2.59. The highest BCUT2D eigenvalue weighted by molar-refractivity contribution is 5.97. The third-order valence-corrected chi connectivity index (χ3v) is 5.94. The first-order chi connectivity index (χ1) is 20.8. The zero-order valence-corrected chi connectivity index (χ0v) is 24.0. The van der Waals surface area contributed by atoms with Crippen LogP contribution in [0.25, 0.3) is 0 Å². The van der Waals surface area contributed by atoms with Crippen molar-refractivity contribution >= 4 is 59.3 Å². The average Bonchev–Trinajstić information content (AvgIpc) is 2.92. The van der Waals surface area contributed by atoms with Gasteiger partial charge < -0.3 is 59.5 Å². The number of nitrogens with one attached hydrogen (secondary N) is 4. The molecule has 21 heteroatoms. The van der Waals surface area contributed by atoms with E-state index in [1.807, 2.05) is 10.6 Å². The van der Waals surface area contributed by atoms with Crippen molar-refractivity contribution in [3.05, 3.63) is 0 Å². The van der Waals surface area contributed by atoms with E-state index < -0.39 is 134 Å². The summed E-state index contributed by atoms with van der Waals surface area (Å²) in [5.74, 6) is -11.8. The van der Waals surface area contributed by atoms with Crippen LogP contribution < -0.4 is 44.2 Å². The lowest BCUT2D eigenvalue weighted by molar-refractivity contribution is -0.144. The summed E-state index contributed by atoms with van der Waals surface area (Å²) in [5, 5.41) is 35.7. The highest BCUT2D eigenvalue weighted by Crippen LogP contribution is 2.06. The number of primary amides is 3. The number of carbonyl (C=O) groups excluding carboxylic acids is 7. The second-order valence-corrected chi connectivity index (χ2v) is 9.73. The molecule has 15 N–H and O–H groups in total. The van der Waals surface area contributed by atoms with Gasteiger partial charge in [0, 0.05) is 25.7 Å². The van der Waals surface area contributed by atoms with Crippen LogP contribution in [0.5, 0.6) is 0 Å². The van der Waals surface area contributed by atoms with E-state index in [1.165, 1.54) is 0 Å². The van der Waals surface area contributed by atoms with Gasteiger partial charge in [0.1, 0.15) is 24.2 Å². The number of hydrogen-bond donors (Lipinski definition) is 11. The Hall–Kier alpha value is -5.34. The van der Waals surface area contributed by atoms with Crippen molar-refractivity contribution in [3.63, 3.8) is 0 Å². The number of amides is 7. The van der Waals surface area contributed by atoms with E-state index in [0.29, 0.717) is 0 Å². The van der Waals surface area contributed by atoms with Crippen LogP contribution in [0.2, 0.25) is 0 Å². The topological polar surface area (TPSA) is 384 Å². The van der Waals surface area contributed by atoms with E-state index in [4.69, 9.17) is 28.0 Å². The van der Waals surface area contributed by atoms with Crippen LogP contribution in [0.1, 0.15) is 57.8 Å². The molecule has 0 aromatic heterocycles. The Labute approximate surface area is 255 Å². The quantitative estimate of drug-likeness (QED) is 0.0493. The fourth-order valence-electron chi connectivity index (χ4n) is 3.54. The Kier molecular flexibility index (Phi) is 17.4. The zero-order valence-electron chi connectivity index (χ0n) is 24.0. The van der Waals surface area contributed by atoms with Crippen molar-refractivity contribution in [2.75, 3.05) is 0 Å². The summed E-state index contributed by atoms with van der Waals surface area (Å²) in [5.41, 5.74) is 21.0. The predicted molar refractivity (Wildman–Crippen MR) is 148 cm³/mol. The number of carboxylic acids is 3. The Morgan fingerprint density at radius 3 is 1.22 bits per heavy atom. The van der Waals surface area contributed by atoms with Crippen LogP contribution in [-0.2, 0) is 47.9 Å². The summed E-state index contributed by atoms with van der Waals surface area (Å²) < 4.78 is 0. The normalized spacial score (nSPS) is 13.9. The fraction of sp³-hybridized carbons (Fsp3) is 0.583. The van der Waals surface area contributed by atoms with Gasteiger partial charge in [-0.15, -0.1) is 0 Å². The maximum absolute atomic E-state index is 13.1. The minimum atomic E-state index is -1.94. The molecular weight excluding hydrogens is 608 g/mol. The van der Waals surface area contributed by atoms with E-state index in [9.17, 15) is 58.2 Å². The first-order valence-electron chi connectivity index (χ1n) is 13.3. The first kappa shape index (κ1) is 39.7. The maximum atomic E-state index is 13.1. The van der Waals surface area contributed by atoms with Crippen molar-refractivity contribution in [2.24, 2.45) is 22.9 Å². The van der Waals surface area contributed by atoms with Gasteiger partial charge in [-0.2, -0.15) is 0 Å². The van der Waals surface area contributed by atoms with Crippen LogP contribution >= 0.6 is 0 Å². The molecule has 0 rings (SSSR count). The molecule has 0 aromatic carbocycles. The number of hydrogen-bond acceptors (Lipinski definition) is 11. The molecule has 0 saturated heterocycles. The van der Waals surface area contributed by atoms with Gasteiger partial charge in [0.15, 0.2) is 0 Å². The lowest BCUT2D eigenvalue weighted by atomic mass is 10.0. The molecule has 7 amide bonds. The molecule has 0 radical (unpaired) electrons. The van der Waals surface area contributed by atoms with Crippen LogP contribution in [0.15, 0.2) is 0 Å². The van der Waals surface area contributed by atoms with Crippen LogP contribution in [0, 0.1) is 0 Å². The van der Waals surface area contributed by atoms with E-state index in [-0.39, 0.29) is 12.8 Å². The summed E-state index contributed by atoms with van der Waals surface area (Å²) in [7, 11) is 0. The molecule has 0 unspecified atom stereocenters. The number of carboxylic acid groups (broad SMARTS) is 3. The molecule has 45 heavy (non-hydrogen) atoms.